The Morgan fingerprint density at radius 2 is 1.71 bits per heavy atom. The van der Waals surface area contributed by atoms with Crippen LogP contribution in [0, 0.1) is 6.92 Å². The van der Waals surface area contributed by atoms with Crippen LogP contribution in [0.3, 0.4) is 0 Å². The van der Waals surface area contributed by atoms with E-state index < -0.39 is 5.60 Å². The van der Waals surface area contributed by atoms with Crippen molar-refractivity contribution in [2.75, 3.05) is 23.3 Å². The van der Waals surface area contributed by atoms with E-state index in [2.05, 4.69) is 16.3 Å². The van der Waals surface area contributed by atoms with Crippen molar-refractivity contribution >= 4 is 28.3 Å². The Balaban J connectivity index is 1.42. The molecule has 176 valence electrons. The lowest BCUT2D eigenvalue weighted by atomic mass is 9.84. The van der Waals surface area contributed by atoms with E-state index in [0.717, 1.165) is 84.2 Å². The third kappa shape index (κ3) is 3.96. The highest BCUT2D eigenvalue weighted by Gasteiger charge is 2.29. The normalized spacial score (nSPS) is 23.1. The van der Waals surface area contributed by atoms with E-state index in [1.54, 1.807) is 0 Å². The van der Waals surface area contributed by atoms with Gasteiger partial charge in [-0.2, -0.15) is 9.61 Å². The van der Waals surface area contributed by atoms with Gasteiger partial charge in [0, 0.05) is 31.3 Å². The molecular weight excluding hydrogens is 426 g/mol. The molecule has 0 unspecified atom stereocenters. The molecule has 1 saturated carbocycles. The van der Waals surface area contributed by atoms with Gasteiger partial charge in [0.2, 0.25) is 0 Å². The van der Waals surface area contributed by atoms with Gasteiger partial charge in [-0.05, 0) is 64.5 Å². The first-order valence-electron chi connectivity index (χ1n) is 12.3. The Labute approximate surface area is 199 Å². The summed E-state index contributed by atoms with van der Waals surface area (Å²) >= 11 is 0. The van der Waals surface area contributed by atoms with E-state index in [1.807, 2.05) is 48.7 Å². The fourth-order valence-electron chi connectivity index (χ4n) is 5.21. The molecular formula is C26H31N7O. The Kier molecular flexibility index (Phi) is 5.13. The van der Waals surface area contributed by atoms with Crippen LogP contribution in [0.15, 0.2) is 36.4 Å². The van der Waals surface area contributed by atoms with Crippen molar-refractivity contribution in [2.24, 2.45) is 0 Å². The quantitative estimate of drug-likeness (QED) is 0.471. The van der Waals surface area contributed by atoms with Crippen LogP contribution in [0.5, 0.6) is 0 Å². The van der Waals surface area contributed by atoms with Crippen LogP contribution >= 0.6 is 0 Å². The summed E-state index contributed by atoms with van der Waals surface area (Å²) in [4.78, 5) is 17.0. The number of aliphatic hydroxyl groups is 1. The highest BCUT2D eigenvalue weighted by Crippen LogP contribution is 2.32. The Bertz CT molecular complexity index is 1350. The molecule has 34 heavy (non-hydrogen) atoms. The molecule has 1 aliphatic carbocycles. The molecule has 0 amide bonds. The van der Waals surface area contributed by atoms with Crippen molar-refractivity contribution in [3.8, 4) is 11.4 Å². The van der Waals surface area contributed by atoms with Crippen LogP contribution in [0.1, 0.15) is 51.1 Å². The lowest BCUT2D eigenvalue weighted by molar-refractivity contribution is 0.0196. The lowest BCUT2D eigenvalue weighted by Gasteiger charge is -2.34. The summed E-state index contributed by atoms with van der Waals surface area (Å²) in [6.07, 6.45) is 5.86. The van der Waals surface area contributed by atoms with E-state index in [9.17, 15) is 5.11 Å². The molecule has 2 fully saturated rings. The molecule has 4 heterocycles. The first-order valence-corrected chi connectivity index (χ1v) is 12.3. The number of aromatic nitrogens is 5. The van der Waals surface area contributed by atoms with Gasteiger partial charge in [0.1, 0.15) is 23.0 Å². The molecule has 0 spiro atoms. The predicted octanol–water partition coefficient (Wildman–Crippen LogP) is 4.35. The monoisotopic (exact) mass is 457 g/mol. The van der Waals surface area contributed by atoms with E-state index in [0.29, 0.717) is 6.04 Å². The smallest absolute Gasteiger partial charge is 0.160 e. The molecule has 1 aromatic carbocycles. The van der Waals surface area contributed by atoms with Crippen LogP contribution in [0.2, 0.25) is 0 Å². The fourth-order valence-corrected chi connectivity index (χ4v) is 5.21. The highest BCUT2D eigenvalue weighted by molar-refractivity contribution is 5.78. The summed E-state index contributed by atoms with van der Waals surface area (Å²) in [6.45, 7) is 5.98. The van der Waals surface area contributed by atoms with E-state index >= 15 is 0 Å². The van der Waals surface area contributed by atoms with E-state index in [1.165, 1.54) is 12.8 Å². The second-order valence-electron chi connectivity index (χ2n) is 10.1. The number of aryl methyl sites for hydroxylation is 1. The average Bonchev–Trinajstić information content (AvgIpc) is 3.50. The second-order valence-corrected chi connectivity index (χ2v) is 10.1. The molecule has 8 nitrogen and oxygen atoms in total. The van der Waals surface area contributed by atoms with Crippen molar-refractivity contribution < 1.29 is 5.11 Å². The van der Waals surface area contributed by atoms with Gasteiger partial charge >= 0.3 is 0 Å². The van der Waals surface area contributed by atoms with Gasteiger partial charge in [-0.3, -0.25) is 0 Å². The van der Waals surface area contributed by atoms with Gasteiger partial charge < -0.3 is 15.3 Å². The third-order valence-corrected chi connectivity index (χ3v) is 7.25. The molecule has 3 aromatic heterocycles. The molecule has 2 aliphatic rings. The first-order chi connectivity index (χ1) is 16.4. The number of fused-ring (bicyclic) bond motifs is 2. The molecule has 1 saturated heterocycles. The zero-order valence-electron chi connectivity index (χ0n) is 19.8. The van der Waals surface area contributed by atoms with Crippen LogP contribution in [0.4, 0.5) is 11.6 Å². The fraction of sp³-hybridized carbons (Fsp3) is 0.462. The van der Waals surface area contributed by atoms with Crippen LogP contribution in [0.25, 0.3) is 28.1 Å². The maximum absolute atomic E-state index is 10.4. The summed E-state index contributed by atoms with van der Waals surface area (Å²) in [5, 5.41) is 19.0. The molecule has 1 aliphatic heterocycles. The van der Waals surface area contributed by atoms with Gasteiger partial charge in [-0.25, -0.2) is 15.0 Å². The number of para-hydroxylation sites is 2. The van der Waals surface area contributed by atoms with Crippen LogP contribution < -0.4 is 10.2 Å². The van der Waals surface area contributed by atoms with Gasteiger partial charge in [-0.1, -0.05) is 12.1 Å². The lowest BCUT2D eigenvalue weighted by Crippen LogP contribution is -2.36. The summed E-state index contributed by atoms with van der Waals surface area (Å²) in [6, 6.07) is 12.4. The summed E-state index contributed by atoms with van der Waals surface area (Å²) in [5.74, 6) is 1.93. The van der Waals surface area contributed by atoms with E-state index in [-0.39, 0.29) is 0 Å². The second kappa shape index (κ2) is 8.20. The number of hydrogen-bond donors (Lipinski definition) is 2. The van der Waals surface area contributed by atoms with Gasteiger partial charge in [-0.15, -0.1) is 0 Å². The molecule has 6 rings (SSSR count). The molecule has 0 radical (unpaired) electrons. The molecule has 0 atom stereocenters. The molecule has 4 aromatic rings. The molecule has 8 heteroatoms. The van der Waals surface area contributed by atoms with Gasteiger partial charge in [0.25, 0.3) is 0 Å². The summed E-state index contributed by atoms with van der Waals surface area (Å²) in [5.41, 5.74) is 4.40. The Hall–Kier alpha value is -3.26. The number of hydrogen-bond acceptors (Lipinski definition) is 7. The number of rotatable bonds is 4. The minimum atomic E-state index is -0.558. The highest BCUT2D eigenvalue weighted by atomic mass is 16.3. The zero-order valence-corrected chi connectivity index (χ0v) is 19.8. The van der Waals surface area contributed by atoms with Crippen LogP contribution in [-0.4, -0.2) is 54.4 Å². The Morgan fingerprint density at radius 1 is 1.00 bits per heavy atom. The zero-order chi connectivity index (χ0) is 23.3. The van der Waals surface area contributed by atoms with Gasteiger partial charge in [0.15, 0.2) is 5.65 Å². The summed E-state index contributed by atoms with van der Waals surface area (Å²) in [7, 11) is 0. The maximum Gasteiger partial charge on any atom is 0.160 e. The largest absolute Gasteiger partial charge is 0.390 e. The Morgan fingerprint density at radius 3 is 2.44 bits per heavy atom. The first kappa shape index (κ1) is 21.3. The number of nitrogens with zero attached hydrogens (tertiary/aromatic N) is 6. The SMILES string of the molecule is Cc1nc2ccccc2nc1-c1cc2nc(N3CCCC3)cc(NC3CCC(C)(O)CC3)n2n1. The minimum absolute atomic E-state index is 0.298. The summed E-state index contributed by atoms with van der Waals surface area (Å²) < 4.78 is 1.90. The van der Waals surface area contributed by atoms with Gasteiger partial charge in [0.05, 0.1) is 22.3 Å². The standard InChI is InChI=1S/C26H31N7O/c1-17-25(29-20-8-4-3-7-19(20)27-17)21-15-23-30-22(32-13-5-6-14-32)16-24(33(23)31-21)28-18-9-11-26(2,34)12-10-18/h3-4,7-8,15-16,18,28,34H,5-6,9-14H2,1-2H3. The number of nitrogens with one attached hydrogen (secondary N) is 1. The third-order valence-electron chi connectivity index (χ3n) is 7.25. The number of benzene rings is 1. The van der Waals surface area contributed by atoms with Crippen molar-refractivity contribution in [1.82, 2.24) is 24.6 Å². The average molecular weight is 458 g/mol. The van der Waals surface area contributed by atoms with Crippen molar-refractivity contribution in [3.05, 3.63) is 42.1 Å². The van der Waals surface area contributed by atoms with E-state index in [4.69, 9.17) is 20.1 Å². The van der Waals surface area contributed by atoms with Crippen LogP contribution in [-0.2, 0) is 0 Å². The maximum atomic E-state index is 10.4. The topological polar surface area (TPSA) is 91.5 Å². The minimum Gasteiger partial charge on any atom is -0.390 e. The predicted molar refractivity (Wildman–Crippen MR) is 134 cm³/mol. The van der Waals surface area contributed by atoms with Crippen molar-refractivity contribution in [1.29, 1.82) is 0 Å². The number of anilines is 2. The molecule has 0 bridgehead atoms. The van der Waals surface area contributed by atoms with Crippen molar-refractivity contribution in [2.45, 2.75) is 64.0 Å². The molecule has 2 N–H and O–H groups in total. The van der Waals surface area contributed by atoms with Crippen molar-refractivity contribution in [3.63, 3.8) is 0 Å².